The van der Waals surface area contributed by atoms with Crippen LogP contribution in [0.2, 0.25) is 0 Å². The van der Waals surface area contributed by atoms with E-state index in [2.05, 4.69) is 17.3 Å². The number of piperidine rings is 1. The topological polar surface area (TPSA) is 35.5 Å². The average Bonchev–Trinajstić information content (AvgIpc) is 2.89. The number of hydrogen-bond donors (Lipinski definition) is 2. The zero-order valence-electron chi connectivity index (χ0n) is 11.2. The van der Waals surface area contributed by atoms with Crippen LogP contribution in [0.1, 0.15) is 44.9 Å². The van der Waals surface area contributed by atoms with Crippen LogP contribution in [0, 0.1) is 5.92 Å². The second kappa shape index (κ2) is 6.72. The van der Waals surface area contributed by atoms with Crippen molar-refractivity contribution in [1.82, 2.24) is 10.2 Å². The smallest absolute Gasteiger partial charge is 0.0431 e. The Morgan fingerprint density at radius 2 is 2.00 bits per heavy atom. The Kier molecular flexibility index (Phi) is 5.26. The van der Waals surface area contributed by atoms with Crippen molar-refractivity contribution in [2.45, 2.75) is 57.0 Å². The fourth-order valence-corrected chi connectivity index (χ4v) is 3.61. The van der Waals surface area contributed by atoms with Crippen molar-refractivity contribution in [2.24, 2.45) is 5.92 Å². The number of rotatable bonds is 5. The van der Waals surface area contributed by atoms with Gasteiger partial charge in [0.25, 0.3) is 0 Å². The second-order valence-electron chi connectivity index (χ2n) is 5.85. The van der Waals surface area contributed by atoms with Gasteiger partial charge in [-0.2, -0.15) is 0 Å². The largest absolute Gasteiger partial charge is 0.396 e. The van der Waals surface area contributed by atoms with Crippen LogP contribution in [0.25, 0.3) is 0 Å². The van der Waals surface area contributed by atoms with Gasteiger partial charge in [-0.1, -0.05) is 12.8 Å². The zero-order chi connectivity index (χ0) is 12.1. The monoisotopic (exact) mass is 240 g/mol. The predicted molar refractivity (Wildman–Crippen MR) is 71.1 cm³/mol. The number of likely N-dealkylation sites (tertiary alicyclic amines) is 1. The summed E-state index contributed by atoms with van der Waals surface area (Å²) in [6.45, 7) is 2.85. The molecule has 1 saturated carbocycles. The normalized spacial score (nSPS) is 32.1. The van der Waals surface area contributed by atoms with Crippen LogP contribution in [-0.4, -0.2) is 48.8 Å². The molecule has 0 spiro atoms. The van der Waals surface area contributed by atoms with E-state index in [9.17, 15) is 0 Å². The highest BCUT2D eigenvalue weighted by Gasteiger charge is 2.31. The van der Waals surface area contributed by atoms with Crippen LogP contribution in [0.4, 0.5) is 0 Å². The molecule has 2 aliphatic rings. The van der Waals surface area contributed by atoms with E-state index in [4.69, 9.17) is 5.11 Å². The third kappa shape index (κ3) is 3.67. The van der Waals surface area contributed by atoms with Crippen molar-refractivity contribution in [3.63, 3.8) is 0 Å². The van der Waals surface area contributed by atoms with Gasteiger partial charge in [0.1, 0.15) is 0 Å². The molecule has 2 unspecified atom stereocenters. The summed E-state index contributed by atoms with van der Waals surface area (Å²) >= 11 is 0. The molecular formula is C14H28N2O. The number of hydrogen-bond acceptors (Lipinski definition) is 3. The lowest BCUT2D eigenvalue weighted by molar-refractivity contribution is 0.0942. The molecule has 2 fully saturated rings. The standard InChI is InChI=1S/C14H28N2O/c1-15-13-9-12(5-4-8-17)10-16(11-13)14-6-2-3-7-14/h12-15,17H,2-11H2,1H3. The fraction of sp³-hybridized carbons (Fsp3) is 1.00. The minimum absolute atomic E-state index is 0.351. The summed E-state index contributed by atoms with van der Waals surface area (Å²) in [5, 5.41) is 12.4. The van der Waals surface area contributed by atoms with Gasteiger partial charge in [0.2, 0.25) is 0 Å². The Labute approximate surface area is 106 Å². The molecule has 2 N–H and O–H groups in total. The Morgan fingerprint density at radius 3 is 2.65 bits per heavy atom. The summed E-state index contributed by atoms with van der Waals surface area (Å²) in [4.78, 5) is 2.72. The first-order valence-electron chi connectivity index (χ1n) is 7.35. The summed E-state index contributed by atoms with van der Waals surface area (Å²) in [5.41, 5.74) is 0. The SMILES string of the molecule is CNC1CC(CCCO)CN(C2CCCC2)C1. The quantitative estimate of drug-likeness (QED) is 0.766. The predicted octanol–water partition coefficient (Wildman–Crippen LogP) is 1.61. The van der Waals surface area contributed by atoms with Crippen molar-refractivity contribution in [3.05, 3.63) is 0 Å². The maximum Gasteiger partial charge on any atom is 0.0431 e. The van der Waals surface area contributed by atoms with Crippen LogP contribution < -0.4 is 5.32 Å². The van der Waals surface area contributed by atoms with Crippen LogP contribution in [0.3, 0.4) is 0 Å². The third-order valence-corrected chi connectivity index (χ3v) is 4.59. The molecule has 0 aromatic carbocycles. The zero-order valence-corrected chi connectivity index (χ0v) is 11.2. The molecule has 2 rings (SSSR count). The molecule has 1 heterocycles. The Balaban J connectivity index is 1.87. The van der Waals surface area contributed by atoms with Gasteiger partial charge in [0.15, 0.2) is 0 Å². The molecular weight excluding hydrogens is 212 g/mol. The minimum atomic E-state index is 0.351. The first-order chi connectivity index (χ1) is 8.33. The molecule has 0 amide bonds. The van der Waals surface area contributed by atoms with Gasteiger partial charge in [-0.05, 0) is 45.1 Å². The van der Waals surface area contributed by atoms with Gasteiger partial charge in [0, 0.05) is 31.8 Å². The van der Waals surface area contributed by atoms with Gasteiger partial charge in [0.05, 0.1) is 0 Å². The second-order valence-corrected chi connectivity index (χ2v) is 5.85. The van der Waals surface area contributed by atoms with E-state index >= 15 is 0 Å². The lowest BCUT2D eigenvalue weighted by Gasteiger charge is -2.41. The van der Waals surface area contributed by atoms with E-state index in [-0.39, 0.29) is 0 Å². The highest BCUT2D eigenvalue weighted by atomic mass is 16.2. The molecule has 1 saturated heterocycles. The molecule has 3 nitrogen and oxygen atoms in total. The Hall–Kier alpha value is -0.120. The van der Waals surface area contributed by atoms with E-state index < -0.39 is 0 Å². The molecule has 17 heavy (non-hydrogen) atoms. The van der Waals surface area contributed by atoms with Crippen molar-refractivity contribution in [1.29, 1.82) is 0 Å². The lowest BCUT2D eigenvalue weighted by Crippen LogP contribution is -2.51. The molecule has 100 valence electrons. The average molecular weight is 240 g/mol. The van der Waals surface area contributed by atoms with E-state index in [1.165, 1.54) is 51.6 Å². The maximum atomic E-state index is 8.97. The fourth-order valence-electron chi connectivity index (χ4n) is 3.61. The van der Waals surface area contributed by atoms with Gasteiger partial charge >= 0.3 is 0 Å². The van der Waals surface area contributed by atoms with Crippen molar-refractivity contribution >= 4 is 0 Å². The van der Waals surface area contributed by atoms with E-state index in [0.29, 0.717) is 12.6 Å². The van der Waals surface area contributed by atoms with Crippen LogP contribution in [0.15, 0.2) is 0 Å². The highest BCUT2D eigenvalue weighted by molar-refractivity contribution is 4.88. The molecule has 2 atom stereocenters. The summed E-state index contributed by atoms with van der Waals surface area (Å²) in [5.74, 6) is 0.786. The number of aliphatic hydroxyl groups is 1. The summed E-state index contributed by atoms with van der Waals surface area (Å²) in [7, 11) is 2.09. The van der Waals surface area contributed by atoms with Gasteiger partial charge < -0.3 is 10.4 Å². The summed E-state index contributed by atoms with van der Waals surface area (Å²) in [6.07, 6.45) is 9.11. The molecule has 1 aliphatic carbocycles. The first-order valence-corrected chi connectivity index (χ1v) is 7.35. The van der Waals surface area contributed by atoms with Crippen molar-refractivity contribution in [3.8, 4) is 0 Å². The Bertz CT molecular complexity index is 216. The third-order valence-electron chi connectivity index (χ3n) is 4.59. The number of nitrogens with one attached hydrogen (secondary N) is 1. The maximum absolute atomic E-state index is 8.97. The van der Waals surface area contributed by atoms with Crippen molar-refractivity contribution in [2.75, 3.05) is 26.7 Å². The summed E-state index contributed by atoms with van der Waals surface area (Å²) < 4.78 is 0. The molecule has 0 bridgehead atoms. The molecule has 3 heteroatoms. The number of aliphatic hydroxyl groups excluding tert-OH is 1. The Morgan fingerprint density at radius 1 is 1.24 bits per heavy atom. The van der Waals surface area contributed by atoms with E-state index in [0.717, 1.165) is 18.4 Å². The minimum Gasteiger partial charge on any atom is -0.396 e. The van der Waals surface area contributed by atoms with Crippen LogP contribution in [0.5, 0.6) is 0 Å². The molecule has 0 radical (unpaired) electrons. The number of nitrogens with zero attached hydrogens (tertiary/aromatic N) is 1. The van der Waals surface area contributed by atoms with E-state index in [1.54, 1.807) is 0 Å². The highest BCUT2D eigenvalue weighted by Crippen LogP contribution is 2.29. The van der Waals surface area contributed by atoms with Gasteiger partial charge in [-0.25, -0.2) is 0 Å². The van der Waals surface area contributed by atoms with E-state index in [1.807, 2.05) is 0 Å². The van der Waals surface area contributed by atoms with Gasteiger partial charge in [-0.15, -0.1) is 0 Å². The lowest BCUT2D eigenvalue weighted by atomic mass is 9.89. The van der Waals surface area contributed by atoms with Crippen molar-refractivity contribution < 1.29 is 5.11 Å². The summed E-state index contributed by atoms with van der Waals surface area (Å²) in [6, 6.07) is 1.51. The molecule has 0 aromatic rings. The van der Waals surface area contributed by atoms with Crippen LogP contribution >= 0.6 is 0 Å². The molecule has 1 aliphatic heterocycles. The molecule has 0 aromatic heterocycles. The first kappa shape index (κ1) is 13.3. The van der Waals surface area contributed by atoms with Crippen LogP contribution in [-0.2, 0) is 0 Å². The number of likely N-dealkylation sites (N-methyl/N-ethyl adjacent to an activating group) is 1. The van der Waals surface area contributed by atoms with Gasteiger partial charge in [-0.3, -0.25) is 4.90 Å².